The van der Waals surface area contributed by atoms with Crippen molar-refractivity contribution < 1.29 is 9.53 Å². The second-order valence-corrected chi connectivity index (χ2v) is 6.66. The Morgan fingerprint density at radius 3 is 3.05 bits per heavy atom. The van der Waals surface area contributed by atoms with Crippen LogP contribution in [0, 0.1) is 12.8 Å². The number of hydrogen-bond donors (Lipinski definition) is 1. The summed E-state index contributed by atoms with van der Waals surface area (Å²) in [4.78, 5) is 18.4. The molecule has 8 heteroatoms. The zero-order valence-corrected chi connectivity index (χ0v) is 13.9. The van der Waals surface area contributed by atoms with E-state index in [1.807, 2.05) is 18.9 Å². The van der Waals surface area contributed by atoms with Gasteiger partial charge in [0.25, 0.3) is 0 Å². The van der Waals surface area contributed by atoms with Crippen LogP contribution in [0.15, 0.2) is 0 Å². The van der Waals surface area contributed by atoms with Crippen LogP contribution in [0.4, 0.5) is 5.13 Å². The Labute approximate surface area is 133 Å². The van der Waals surface area contributed by atoms with E-state index in [1.165, 1.54) is 0 Å². The molecule has 1 N–H and O–H groups in total. The van der Waals surface area contributed by atoms with Crippen LogP contribution in [-0.2, 0) is 16.6 Å². The van der Waals surface area contributed by atoms with Crippen molar-refractivity contribution in [1.29, 1.82) is 0 Å². The molecule has 3 heterocycles. The number of likely N-dealkylation sites (tertiary alicyclic amines) is 1. The van der Waals surface area contributed by atoms with E-state index >= 15 is 0 Å². The molecule has 2 aromatic rings. The molecule has 1 atom stereocenters. The Balaban J connectivity index is 1.58. The number of nitrogens with zero attached hydrogens (tertiary/aromatic N) is 4. The summed E-state index contributed by atoms with van der Waals surface area (Å²) in [7, 11) is 3.56. The number of hydrogen-bond acceptors (Lipinski definition) is 6. The first kappa shape index (κ1) is 15.2. The third kappa shape index (κ3) is 2.93. The van der Waals surface area contributed by atoms with Crippen molar-refractivity contribution in [1.82, 2.24) is 19.7 Å². The maximum absolute atomic E-state index is 11.9. The first-order chi connectivity index (χ1) is 10.6. The number of amides is 1. The summed E-state index contributed by atoms with van der Waals surface area (Å²) in [6, 6.07) is 0. The summed E-state index contributed by atoms with van der Waals surface area (Å²) in [6.07, 6.45) is 0.599. The van der Waals surface area contributed by atoms with Gasteiger partial charge in [-0.15, -0.1) is 0 Å². The predicted molar refractivity (Wildman–Crippen MR) is 86.2 cm³/mol. The van der Waals surface area contributed by atoms with Crippen LogP contribution in [0.3, 0.4) is 0 Å². The lowest BCUT2D eigenvalue weighted by atomic mass is 10.1. The smallest absolute Gasteiger partial charge is 0.223 e. The van der Waals surface area contributed by atoms with E-state index in [4.69, 9.17) is 4.74 Å². The summed E-state index contributed by atoms with van der Waals surface area (Å²) in [5.41, 5.74) is 1.92. The summed E-state index contributed by atoms with van der Waals surface area (Å²) in [5, 5.41) is 8.62. The largest absolute Gasteiger partial charge is 0.383 e. The molecule has 7 nitrogen and oxygen atoms in total. The Hall–Kier alpha value is -1.67. The molecule has 0 saturated carbocycles. The number of nitrogens with one attached hydrogen (secondary N) is 1. The first-order valence-electron chi connectivity index (χ1n) is 7.39. The van der Waals surface area contributed by atoms with Crippen LogP contribution in [0.5, 0.6) is 0 Å². The van der Waals surface area contributed by atoms with Crippen LogP contribution >= 0.6 is 11.3 Å². The lowest BCUT2D eigenvalue weighted by Gasteiger charge is -2.15. The van der Waals surface area contributed by atoms with Gasteiger partial charge in [0.1, 0.15) is 0 Å². The molecule has 1 saturated heterocycles. The van der Waals surface area contributed by atoms with Gasteiger partial charge in [-0.05, 0) is 6.92 Å². The monoisotopic (exact) mass is 323 g/mol. The van der Waals surface area contributed by atoms with Crippen molar-refractivity contribution in [2.75, 3.05) is 38.7 Å². The Kier molecular flexibility index (Phi) is 4.30. The zero-order valence-electron chi connectivity index (χ0n) is 13.1. The Morgan fingerprint density at radius 1 is 1.50 bits per heavy atom. The number of anilines is 1. The van der Waals surface area contributed by atoms with Gasteiger partial charge in [0.2, 0.25) is 5.91 Å². The number of aromatic nitrogens is 3. The van der Waals surface area contributed by atoms with Crippen LogP contribution in [-0.4, -0.2) is 58.9 Å². The normalized spacial score (nSPS) is 18.6. The highest BCUT2D eigenvalue weighted by Crippen LogP contribution is 2.28. The van der Waals surface area contributed by atoms with Crippen molar-refractivity contribution in [2.24, 2.45) is 13.0 Å². The van der Waals surface area contributed by atoms with Gasteiger partial charge in [-0.25, -0.2) is 9.67 Å². The molecule has 0 bridgehead atoms. The molecule has 0 radical (unpaired) electrons. The van der Waals surface area contributed by atoms with E-state index in [9.17, 15) is 4.79 Å². The molecule has 3 rings (SSSR count). The molecular weight excluding hydrogens is 302 g/mol. The van der Waals surface area contributed by atoms with E-state index < -0.39 is 0 Å². The molecule has 1 aliphatic heterocycles. The minimum Gasteiger partial charge on any atom is -0.383 e. The number of rotatable bonds is 6. The highest BCUT2D eigenvalue weighted by molar-refractivity contribution is 7.22. The van der Waals surface area contributed by atoms with E-state index in [0.29, 0.717) is 25.5 Å². The summed E-state index contributed by atoms with van der Waals surface area (Å²) in [5.74, 6) is 0.545. The molecule has 120 valence electrons. The lowest BCUT2D eigenvalue weighted by molar-refractivity contribution is -0.128. The third-order valence-electron chi connectivity index (χ3n) is 3.95. The fourth-order valence-electron chi connectivity index (χ4n) is 2.80. The topological polar surface area (TPSA) is 72.3 Å². The fraction of sp³-hybridized carbons (Fsp3) is 0.643. The lowest BCUT2D eigenvalue weighted by Crippen LogP contribution is -2.29. The van der Waals surface area contributed by atoms with Gasteiger partial charge in [0, 0.05) is 46.1 Å². The molecule has 1 unspecified atom stereocenters. The molecule has 0 spiro atoms. The van der Waals surface area contributed by atoms with Gasteiger partial charge in [-0.1, -0.05) is 11.3 Å². The zero-order chi connectivity index (χ0) is 15.7. The Morgan fingerprint density at radius 2 is 2.32 bits per heavy atom. The highest BCUT2D eigenvalue weighted by atomic mass is 32.1. The number of carbonyl (C=O) groups is 1. The molecule has 0 aliphatic carbocycles. The van der Waals surface area contributed by atoms with Crippen LogP contribution in [0.2, 0.25) is 0 Å². The van der Waals surface area contributed by atoms with Gasteiger partial charge < -0.3 is 15.0 Å². The molecule has 0 aromatic carbocycles. The number of aryl methyl sites for hydroxylation is 2. The highest BCUT2D eigenvalue weighted by Gasteiger charge is 2.29. The number of thiazole rings is 1. The second-order valence-electron chi connectivity index (χ2n) is 5.66. The van der Waals surface area contributed by atoms with Crippen molar-refractivity contribution >= 4 is 32.7 Å². The molecule has 1 amide bonds. The number of fused-ring (bicyclic) bond motifs is 1. The van der Waals surface area contributed by atoms with Crippen LogP contribution in [0.25, 0.3) is 10.3 Å². The second kappa shape index (κ2) is 6.21. The predicted octanol–water partition coefficient (Wildman–Crippen LogP) is 1.25. The Bertz CT molecular complexity index is 646. The number of carbonyl (C=O) groups excluding carboxylic acids is 1. The van der Waals surface area contributed by atoms with E-state index in [-0.39, 0.29) is 5.91 Å². The standard InChI is InChI=1S/C14H21N5O2S/c1-9-12-13(18(2)17-9)16-14(22-12)15-7-10-6-11(20)19(8-10)4-5-21-3/h10H,4-8H2,1-3H3,(H,15,16). The third-order valence-corrected chi connectivity index (χ3v) is 5.06. The fourth-order valence-corrected chi connectivity index (χ4v) is 3.74. The van der Waals surface area contributed by atoms with Crippen LogP contribution in [0.1, 0.15) is 12.1 Å². The quantitative estimate of drug-likeness (QED) is 0.866. The maximum Gasteiger partial charge on any atom is 0.223 e. The number of methoxy groups -OCH3 is 1. The van der Waals surface area contributed by atoms with E-state index in [1.54, 1.807) is 23.1 Å². The first-order valence-corrected chi connectivity index (χ1v) is 8.21. The molecule has 2 aromatic heterocycles. The summed E-state index contributed by atoms with van der Waals surface area (Å²) >= 11 is 1.62. The average Bonchev–Trinajstić information content (AvgIpc) is 3.12. The van der Waals surface area contributed by atoms with Gasteiger partial charge >= 0.3 is 0 Å². The van der Waals surface area contributed by atoms with Crippen molar-refractivity contribution in [2.45, 2.75) is 13.3 Å². The SMILES string of the molecule is COCCN1CC(CNc2nc3c(s2)c(C)nn3C)CC1=O. The molecule has 22 heavy (non-hydrogen) atoms. The molecular formula is C14H21N5O2S. The van der Waals surface area contributed by atoms with Crippen molar-refractivity contribution in [3.8, 4) is 0 Å². The maximum atomic E-state index is 11.9. The van der Waals surface area contributed by atoms with Crippen LogP contribution < -0.4 is 5.32 Å². The van der Waals surface area contributed by atoms with Gasteiger partial charge in [-0.3, -0.25) is 4.79 Å². The van der Waals surface area contributed by atoms with Gasteiger partial charge in [0.05, 0.1) is 17.0 Å². The molecule has 1 fully saturated rings. The van der Waals surface area contributed by atoms with Gasteiger partial charge in [-0.2, -0.15) is 5.10 Å². The minimum absolute atomic E-state index is 0.216. The van der Waals surface area contributed by atoms with Crippen molar-refractivity contribution in [3.05, 3.63) is 5.69 Å². The minimum atomic E-state index is 0.216. The average molecular weight is 323 g/mol. The van der Waals surface area contributed by atoms with Gasteiger partial charge in [0.15, 0.2) is 10.8 Å². The summed E-state index contributed by atoms with van der Waals surface area (Å²) in [6.45, 7) is 4.82. The van der Waals surface area contributed by atoms with E-state index in [2.05, 4.69) is 15.4 Å². The van der Waals surface area contributed by atoms with E-state index in [0.717, 1.165) is 34.3 Å². The summed E-state index contributed by atoms with van der Waals surface area (Å²) < 4.78 is 7.96. The molecule has 1 aliphatic rings. The number of ether oxygens (including phenoxy) is 1. The van der Waals surface area contributed by atoms with Crippen molar-refractivity contribution in [3.63, 3.8) is 0 Å².